The van der Waals surface area contributed by atoms with Crippen LogP contribution in [0.5, 0.6) is 5.75 Å². The first-order chi connectivity index (χ1) is 9.69. The summed E-state index contributed by atoms with van der Waals surface area (Å²) in [6.45, 7) is 12.4. The molecule has 2 N–H and O–H groups in total. The molecule has 1 unspecified atom stereocenters. The van der Waals surface area contributed by atoms with Gasteiger partial charge in [0.25, 0.3) is 0 Å². The summed E-state index contributed by atoms with van der Waals surface area (Å²) in [7, 11) is 0. The zero-order chi connectivity index (χ0) is 16.0. The van der Waals surface area contributed by atoms with Crippen molar-refractivity contribution in [3.8, 4) is 5.75 Å². The summed E-state index contributed by atoms with van der Waals surface area (Å²) in [5.74, 6) is 0.869. The molecule has 118 valence electrons. The van der Waals surface area contributed by atoms with Crippen LogP contribution in [0.2, 0.25) is 0 Å². The van der Waals surface area contributed by atoms with Crippen molar-refractivity contribution in [1.82, 2.24) is 10.6 Å². The zero-order valence-corrected chi connectivity index (χ0v) is 14.0. The fourth-order valence-corrected chi connectivity index (χ4v) is 1.85. The van der Waals surface area contributed by atoms with Gasteiger partial charge in [0.2, 0.25) is 5.91 Å². The van der Waals surface area contributed by atoms with Crippen molar-refractivity contribution < 1.29 is 9.53 Å². The maximum absolute atomic E-state index is 12.0. The van der Waals surface area contributed by atoms with Gasteiger partial charge >= 0.3 is 0 Å². The Bertz CT molecular complexity index is 464. The van der Waals surface area contributed by atoms with E-state index in [2.05, 4.69) is 10.6 Å². The fraction of sp³-hybridized carbons (Fsp3) is 0.588. The molecule has 0 heterocycles. The summed E-state index contributed by atoms with van der Waals surface area (Å²) < 4.78 is 5.78. The number of para-hydroxylation sites is 1. The average Bonchev–Trinajstić information content (AvgIpc) is 2.34. The van der Waals surface area contributed by atoms with E-state index >= 15 is 0 Å². The van der Waals surface area contributed by atoms with Gasteiger partial charge in [0.1, 0.15) is 5.75 Å². The van der Waals surface area contributed by atoms with Gasteiger partial charge in [-0.2, -0.15) is 0 Å². The van der Waals surface area contributed by atoms with E-state index < -0.39 is 0 Å². The van der Waals surface area contributed by atoms with Crippen molar-refractivity contribution in [3.05, 3.63) is 29.8 Å². The molecule has 0 bridgehead atoms. The largest absolute Gasteiger partial charge is 0.491 e. The van der Waals surface area contributed by atoms with Crippen molar-refractivity contribution in [2.24, 2.45) is 0 Å². The van der Waals surface area contributed by atoms with Crippen LogP contribution in [-0.2, 0) is 11.3 Å². The molecule has 4 nitrogen and oxygen atoms in total. The highest BCUT2D eigenvalue weighted by molar-refractivity contribution is 5.81. The van der Waals surface area contributed by atoms with E-state index in [0.29, 0.717) is 6.54 Å². The SMILES string of the molecule is CC(C)Oc1ccccc1CNC(C)C(=O)NC(C)(C)C. The van der Waals surface area contributed by atoms with Gasteiger partial charge in [0.05, 0.1) is 12.1 Å². The molecule has 0 fully saturated rings. The van der Waals surface area contributed by atoms with Crippen LogP contribution in [0, 0.1) is 0 Å². The first-order valence-corrected chi connectivity index (χ1v) is 7.49. The van der Waals surface area contributed by atoms with Gasteiger partial charge in [-0.1, -0.05) is 18.2 Å². The van der Waals surface area contributed by atoms with Crippen molar-refractivity contribution in [3.63, 3.8) is 0 Å². The second-order valence-electron chi connectivity index (χ2n) is 6.62. The zero-order valence-electron chi connectivity index (χ0n) is 14.0. The molecule has 1 aromatic carbocycles. The third-order valence-electron chi connectivity index (χ3n) is 2.83. The smallest absolute Gasteiger partial charge is 0.237 e. The van der Waals surface area contributed by atoms with Gasteiger partial charge in [0, 0.05) is 17.6 Å². The van der Waals surface area contributed by atoms with E-state index in [1.165, 1.54) is 0 Å². The number of carbonyl (C=O) groups is 1. The van der Waals surface area contributed by atoms with Crippen LogP contribution in [0.4, 0.5) is 0 Å². The molecular formula is C17H28N2O2. The molecule has 0 aliphatic rings. The molecule has 0 aromatic heterocycles. The Morgan fingerprint density at radius 3 is 2.38 bits per heavy atom. The van der Waals surface area contributed by atoms with Crippen LogP contribution in [0.1, 0.15) is 47.1 Å². The highest BCUT2D eigenvalue weighted by atomic mass is 16.5. The molecule has 0 radical (unpaired) electrons. The fourth-order valence-electron chi connectivity index (χ4n) is 1.85. The monoisotopic (exact) mass is 292 g/mol. The van der Waals surface area contributed by atoms with Crippen LogP contribution in [-0.4, -0.2) is 23.6 Å². The van der Waals surface area contributed by atoms with Crippen molar-refractivity contribution in [2.45, 2.75) is 65.8 Å². The quantitative estimate of drug-likeness (QED) is 0.847. The van der Waals surface area contributed by atoms with Gasteiger partial charge in [-0.05, 0) is 47.6 Å². The number of nitrogens with one attached hydrogen (secondary N) is 2. The molecule has 0 spiro atoms. The third-order valence-corrected chi connectivity index (χ3v) is 2.83. The Hall–Kier alpha value is -1.55. The van der Waals surface area contributed by atoms with Gasteiger partial charge in [-0.25, -0.2) is 0 Å². The molecule has 1 atom stereocenters. The van der Waals surface area contributed by atoms with E-state index in [1.54, 1.807) is 0 Å². The van der Waals surface area contributed by atoms with Gasteiger partial charge < -0.3 is 15.4 Å². The standard InChI is InChI=1S/C17H28N2O2/c1-12(2)21-15-10-8-7-9-14(15)11-18-13(3)16(20)19-17(4,5)6/h7-10,12-13,18H,11H2,1-6H3,(H,19,20). The van der Waals surface area contributed by atoms with Crippen LogP contribution in [0.3, 0.4) is 0 Å². The molecule has 1 amide bonds. The number of rotatable bonds is 6. The minimum absolute atomic E-state index is 0.00441. The number of hydrogen-bond donors (Lipinski definition) is 2. The molecule has 4 heteroatoms. The number of ether oxygens (including phenoxy) is 1. The van der Waals surface area contributed by atoms with Crippen molar-refractivity contribution in [2.75, 3.05) is 0 Å². The molecule has 0 aliphatic heterocycles. The molecular weight excluding hydrogens is 264 g/mol. The van der Waals surface area contributed by atoms with Crippen LogP contribution in [0.15, 0.2) is 24.3 Å². The Morgan fingerprint density at radius 2 is 1.81 bits per heavy atom. The molecule has 0 saturated heterocycles. The van der Waals surface area contributed by atoms with Gasteiger partial charge in [0.15, 0.2) is 0 Å². The predicted octanol–water partition coefficient (Wildman–Crippen LogP) is 2.87. The summed E-state index contributed by atoms with van der Waals surface area (Å²) in [5.41, 5.74) is 0.840. The summed E-state index contributed by atoms with van der Waals surface area (Å²) in [4.78, 5) is 12.0. The van der Waals surface area contributed by atoms with Crippen molar-refractivity contribution >= 4 is 5.91 Å². The Kier molecular flexibility index (Phi) is 6.21. The van der Waals surface area contributed by atoms with E-state index in [9.17, 15) is 4.79 Å². The third kappa shape index (κ3) is 6.63. The highest BCUT2D eigenvalue weighted by Crippen LogP contribution is 2.19. The Balaban J connectivity index is 2.61. The summed E-state index contributed by atoms with van der Waals surface area (Å²) >= 11 is 0. The van der Waals surface area contributed by atoms with Crippen LogP contribution in [0.25, 0.3) is 0 Å². The second kappa shape index (κ2) is 7.46. The second-order valence-corrected chi connectivity index (χ2v) is 6.62. The molecule has 1 rings (SSSR count). The lowest BCUT2D eigenvalue weighted by Gasteiger charge is -2.24. The van der Waals surface area contributed by atoms with Crippen LogP contribution < -0.4 is 15.4 Å². The molecule has 0 saturated carbocycles. The maximum atomic E-state index is 12.0. The minimum atomic E-state index is -0.253. The summed E-state index contributed by atoms with van der Waals surface area (Å²) in [6, 6.07) is 7.65. The predicted molar refractivity (Wildman–Crippen MR) is 86.4 cm³/mol. The number of benzene rings is 1. The van der Waals surface area contributed by atoms with Crippen molar-refractivity contribution in [1.29, 1.82) is 0 Å². The minimum Gasteiger partial charge on any atom is -0.491 e. The summed E-state index contributed by atoms with van der Waals surface area (Å²) in [6.07, 6.45) is 0.132. The topological polar surface area (TPSA) is 50.4 Å². The summed E-state index contributed by atoms with van der Waals surface area (Å²) in [5, 5.41) is 6.21. The lowest BCUT2D eigenvalue weighted by Crippen LogP contribution is -2.49. The molecule has 21 heavy (non-hydrogen) atoms. The normalized spacial score (nSPS) is 13.1. The van der Waals surface area contributed by atoms with Crippen LogP contribution >= 0.6 is 0 Å². The van der Waals surface area contributed by atoms with E-state index in [4.69, 9.17) is 4.74 Å². The number of carbonyl (C=O) groups excluding carboxylic acids is 1. The molecule has 1 aromatic rings. The Morgan fingerprint density at radius 1 is 1.19 bits per heavy atom. The maximum Gasteiger partial charge on any atom is 0.237 e. The number of amides is 1. The van der Waals surface area contributed by atoms with E-state index in [1.807, 2.05) is 65.8 Å². The highest BCUT2D eigenvalue weighted by Gasteiger charge is 2.19. The average molecular weight is 292 g/mol. The first-order valence-electron chi connectivity index (χ1n) is 7.49. The lowest BCUT2D eigenvalue weighted by atomic mass is 10.1. The lowest BCUT2D eigenvalue weighted by molar-refractivity contribution is -0.124. The van der Waals surface area contributed by atoms with E-state index in [0.717, 1.165) is 11.3 Å². The van der Waals surface area contributed by atoms with Gasteiger partial charge in [-0.3, -0.25) is 4.79 Å². The van der Waals surface area contributed by atoms with Gasteiger partial charge in [-0.15, -0.1) is 0 Å². The molecule has 0 aliphatic carbocycles. The Labute approximate surface area is 128 Å². The first kappa shape index (κ1) is 17.5. The van der Waals surface area contributed by atoms with E-state index in [-0.39, 0.29) is 23.6 Å². The number of hydrogen-bond acceptors (Lipinski definition) is 3.